The molecule has 0 aliphatic carbocycles. The Morgan fingerprint density at radius 2 is 2.22 bits per heavy atom. The first-order chi connectivity index (χ1) is 3.98. The van der Waals surface area contributed by atoms with E-state index < -0.39 is 11.8 Å². The summed E-state index contributed by atoms with van der Waals surface area (Å²) >= 11 is 0. The minimum Gasteiger partial charge on any atom is -0.267 e. The number of hydrogen-bond acceptors (Lipinski definition) is 2. The van der Waals surface area contributed by atoms with Crippen LogP contribution in [0.15, 0.2) is 0 Å². The summed E-state index contributed by atoms with van der Waals surface area (Å²) < 4.78 is 23.5. The molecule has 9 heavy (non-hydrogen) atoms. The fourth-order valence-electron chi connectivity index (χ4n) is 0.161. The highest BCUT2D eigenvalue weighted by molar-refractivity contribution is 5.83. The maximum Gasteiger partial charge on any atom is 0.322 e. The summed E-state index contributed by atoms with van der Waals surface area (Å²) in [6.45, 7) is 0.416. The van der Waals surface area contributed by atoms with Crippen LogP contribution in [0.4, 0.5) is 8.78 Å². The number of nitrogens with zero attached hydrogens (tertiary/aromatic N) is 1. The van der Waals surface area contributed by atoms with Gasteiger partial charge in [0.2, 0.25) is 0 Å². The van der Waals surface area contributed by atoms with E-state index in [1.54, 1.807) is 0 Å². The van der Waals surface area contributed by atoms with Gasteiger partial charge < -0.3 is 0 Å². The smallest absolute Gasteiger partial charge is 0.267 e. The number of carbonyl (C=O) groups is 1. The Kier molecular flexibility index (Phi) is 2.08. The first-order valence-corrected chi connectivity index (χ1v) is 2.06. The third-order valence-electron chi connectivity index (χ3n) is 0.568. The second-order valence-corrected chi connectivity index (χ2v) is 1.45. The zero-order valence-electron chi connectivity index (χ0n) is 4.61. The van der Waals surface area contributed by atoms with E-state index in [4.69, 9.17) is 5.26 Å². The highest BCUT2D eigenvalue weighted by Gasteiger charge is 2.31. The third-order valence-corrected chi connectivity index (χ3v) is 0.568. The second kappa shape index (κ2) is 2.40. The first kappa shape index (κ1) is 7.82. The highest BCUT2D eigenvalue weighted by Crippen LogP contribution is 2.09. The monoisotopic (exact) mass is 134 g/mol. The Hall–Kier alpha value is -1.18. The fourth-order valence-corrected chi connectivity index (χ4v) is 0.161. The van der Waals surface area contributed by atoms with Crippen molar-refractivity contribution in [2.24, 2.45) is 0 Å². The molecular weight excluding hydrogens is 130 g/mol. The van der Waals surface area contributed by atoms with Crippen LogP contribution in [0.5, 0.6) is 0 Å². The van der Waals surface area contributed by atoms with E-state index in [2.05, 4.69) is 0 Å². The number of amides is 1. The van der Waals surface area contributed by atoms with Crippen LogP contribution in [0.1, 0.15) is 6.92 Å². The van der Waals surface area contributed by atoms with Crippen LogP contribution in [-0.4, -0.2) is 11.8 Å². The molecule has 0 rings (SSSR count). The second-order valence-electron chi connectivity index (χ2n) is 1.45. The number of nitriles is 1. The average Bonchev–Trinajstić information content (AvgIpc) is 1.64. The van der Waals surface area contributed by atoms with Crippen molar-refractivity contribution >= 4 is 5.91 Å². The summed E-state index contributed by atoms with van der Waals surface area (Å²) in [6, 6.07) is 0. The van der Waals surface area contributed by atoms with Crippen molar-refractivity contribution in [1.82, 2.24) is 5.32 Å². The van der Waals surface area contributed by atoms with Gasteiger partial charge in [-0.2, -0.15) is 14.0 Å². The van der Waals surface area contributed by atoms with Gasteiger partial charge >= 0.3 is 11.8 Å². The van der Waals surface area contributed by atoms with Crippen molar-refractivity contribution in [2.45, 2.75) is 12.8 Å². The van der Waals surface area contributed by atoms with Crippen LogP contribution in [0.3, 0.4) is 0 Å². The van der Waals surface area contributed by atoms with Crippen molar-refractivity contribution < 1.29 is 13.6 Å². The molecule has 0 bridgehead atoms. The van der Waals surface area contributed by atoms with Gasteiger partial charge in [-0.3, -0.25) is 10.1 Å². The molecule has 1 amide bonds. The molecule has 0 atom stereocenters. The van der Waals surface area contributed by atoms with E-state index in [0.29, 0.717) is 6.92 Å². The summed E-state index contributed by atoms with van der Waals surface area (Å²) in [6.07, 6.45) is 1.09. The Labute approximate surface area is 50.3 Å². The largest absolute Gasteiger partial charge is 0.322 e. The number of nitrogens with one attached hydrogen (secondary N) is 1. The lowest BCUT2D eigenvalue weighted by molar-refractivity contribution is -0.141. The Bertz CT molecular complexity index is 155. The lowest BCUT2D eigenvalue weighted by Crippen LogP contribution is -2.34. The molecule has 0 unspecified atom stereocenters. The number of alkyl halides is 2. The topological polar surface area (TPSA) is 52.9 Å². The predicted octanol–water partition coefficient (Wildman–Crippen LogP) is 0.239. The third kappa shape index (κ3) is 2.59. The maximum absolute atomic E-state index is 11.7. The molecule has 0 saturated carbocycles. The minimum absolute atomic E-state index is 0.416. The molecule has 0 aromatic carbocycles. The van der Waals surface area contributed by atoms with Gasteiger partial charge in [-0.25, -0.2) is 0 Å². The van der Waals surface area contributed by atoms with E-state index in [1.165, 1.54) is 5.32 Å². The van der Waals surface area contributed by atoms with Crippen molar-refractivity contribution in [3.63, 3.8) is 0 Å². The van der Waals surface area contributed by atoms with Crippen molar-refractivity contribution in [1.29, 1.82) is 5.26 Å². The van der Waals surface area contributed by atoms with E-state index in [1.807, 2.05) is 0 Å². The molecule has 0 aromatic rings. The quantitative estimate of drug-likeness (QED) is 0.412. The molecule has 0 aliphatic heterocycles. The molecule has 0 fully saturated rings. The number of carbonyl (C=O) groups excluding carboxylic acids is 1. The van der Waals surface area contributed by atoms with E-state index in [-0.39, 0.29) is 0 Å². The summed E-state index contributed by atoms with van der Waals surface area (Å²) in [4.78, 5) is 9.98. The van der Waals surface area contributed by atoms with E-state index in [9.17, 15) is 13.6 Å². The van der Waals surface area contributed by atoms with Crippen LogP contribution >= 0.6 is 0 Å². The predicted molar refractivity (Wildman–Crippen MR) is 24.4 cm³/mol. The van der Waals surface area contributed by atoms with Crippen LogP contribution in [0.25, 0.3) is 0 Å². The molecule has 1 N–H and O–H groups in total. The molecule has 5 heteroatoms. The van der Waals surface area contributed by atoms with Crippen LogP contribution in [0, 0.1) is 11.5 Å². The van der Waals surface area contributed by atoms with Gasteiger partial charge in [0.25, 0.3) is 0 Å². The summed E-state index contributed by atoms with van der Waals surface area (Å²) in [5.74, 6) is -5.04. The lowest BCUT2D eigenvalue weighted by atomic mass is 10.4. The summed E-state index contributed by atoms with van der Waals surface area (Å²) in [5.41, 5.74) is 0. The van der Waals surface area contributed by atoms with Gasteiger partial charge in [-0.15, -0.1) is 0 Å². The van der Waals surface area contributed by atoms with Gasteiger partial charge in [-0.05, 0) is 0 Å². The summed E-state index contributed by atoms with van der Waals surface area (Å²) in [7, 11) is 0. The molecular formula is C4H4F2N2O. The molecule has 0 saturated heterocycles. The minimum atomic E-state index is -3.46. The van der Waals surface area contributed by atoms with Crippen LogP contribution < -0.4 is 5.32 Å². The Balaban J connectivity index is 3.93. The van der Waals surface area contributed by atoms with Gasteiger partial charge in [0.1, 0.15) is 0 Å². The van der Waals surface area contributed by atoms with Crippen molar-refractivity contribution in [3.05, 3.63) is 0 Å². The zero-order valence-corrected chi connectivity index (χ0v) is 4.61. The SMILES string of the molecule is CC(F)(F)C(=O)NC#N. The van der Waals surface area contributed by atoms with Crippen molar-refractivity contribution in [2.75, 3.05) is 0 Å². The Morgan fingerprint density at radius 3 is 2.33 bits per heavy atom. The number of halogens is 2. The van der Waals surface area contributed by atoms with Crippen LogP contribution in [0.2, 0.25) is 0 Å². The molecule has 50 valence electrons. The molecule has 0 heterocycles. The molecule has 0 radical (unpaired) electrons. The van der Waals surface area contributed by atoms with E-state index in [0.717, 1.165) is 6.19 Å². The maximum atomic E-state index is 11.7. The summed E-state index contributed by atoms with van der Waals surface area (Å²) in [5, 5.41) is 8.99. The Morgan fingerprint density at radius 1 is 1.78 bits per heavy atom. The first-order valence-electron chi connectivity index (χ1n) is 2.06. The zero-order chi connectivity index (χ0) is 7.49. The molecule has 0 spiro atoms. The van der Waals surface area contributed by atoms with Gasteiger partial charge in [0, 0.05) is 6.92 Å². The number of hydrogen-bond donors (Lipinski definition) is 1. The molecule has 0 aliphatic rings. The molecule has 3 nitrogen and oxygen atoms in total. The standard InChI is InChI=1S/C4H4F2N2O/c1-4(5,6)3(9)8-2-7/h1H3,(H,8,9). The van der Waals surface area contributed by atoms with E-state index >= 15 is 0 Å². The van der Waals surface area contributed by atoms with Crippen LogP contribution in [-0.2, 0) is 4.79 Å². The highest BCUT2D eigenvalue weighted by atomic mass is 19.3. The number of rotatable bonds is 1. The lowest BCUT2D eigenvalue weighted by Gasteiger charge is -2.03. The van der Waals surface area contributed by atoms with Gasteiger partial charge in [0.15, 0.2) is 6.19 Å². The normalized spacial score (nSPS) is 10.0. The molecule has 0 aromatic heterocycles. The van der Waals surface area contributed by atoms with Crippen molar-refractivity contribution in [3.8, 4) is 6.19 Å². The fraction of sp³-hybridized carbons (Fsp3) is 0.500. The van der Waals surface area contributed by atoms with Gasteiger partial charge in [0.05, 0.1) is 0 Å². The average molecular weight is 134 g/mol. The van der Waals surface area contributed by atoms with Gasteiger partial charge in [-0.1, -0.05) is 0 Å².